The highest BCUT2D eigenvalue weighted by Gasteiger charge is 1.75. The average Bonchev–Trinajstić information content (AvgIpc) is 1.69. The Balaban J connectivity index is 3.02. The van der Waals surface area contributed by atoms with Crippen LogP contribution in [0.25, 0.3) is 0 Å². The summed E-state index contributed by atoms with van der Waals surface area (Å²) in [4.78, 5) is 3.65. The molecular weight excluding hydrogens is 88.1 g/mol. The van der Waals surface area contributed by atoms with Gasteiger partial charge in [-0.15, -0.1) is 0 Å². The largest absolute Gasteiger partial charge is 0.283 e. The first-order valence-corrected chi connectivity index (χ1v) is 2.02. The Bertz CT molecular complexity index is 136. The molecule has 0 aromatic carbocycles. The summed E-state index contributed by atoms with van der Waals surface area (Å²) in [7, 11) is 0. The van der Waals surface area contributed by atoms with Crippen LogP contribution in [0.1, 0.15) is 0 Å². The van der Waals surface area contributed by atoms with E-state index in [1.54, 1.807) is 24.4 Å². The predicted molar refractivity (Wildman–Crippen MR) is 27.0 cm³/mol. The maximum Gasteiger partial charge on any atom is 0.144 e. The number of nitrogens with zero attached hydrogens (tertiary/aromatic N) is 1. The molecule has 2 heteroatoms. The van der Waals surface area contributed by atoms with Gasteiger partial charge in [0.2, 0.25) is 0 Å². The first kappa shape index (κ1) is 4.12. The van der Waals surface area contributed by atoms with E-state index in [9.17, 15) is 0 Å². The highest BCUT2D eigenvalue weighted by atomic mass is 14.8. The van der Waals surface area contributed by atoms with Gasteiger partial charge in [-0.25, -0.2) is 4.98 Å². The monoisotopic (exact) mass is 93.0 g/mol. The molecule has 1 heterocycles. The van der Waals surface area contributed by atoms with Crippen molar-refractivity contribution in [2.24, 2.45) is 0 Å². The van der Waals surface area contributed by atoms with Gasteiger partial charge in [-0.2, -0.15) is 0 Å². The first-order valence-electron chi connectivity index (χ1n) is 2.02. The summed E-state index contributed by atoms with van der Waals surface area (Å²) in [5.74, 6) is 0.322. The van der Waals surface area contributed by atoms with Crippen LogP contribution in [0, 0.1) is 0 Å². The molecule has 1 N–H and O–H groups in total. The van der Waals surface area contributed by atoms with Crippen LogP contribution in [0.3, 0.4) is 0 Å². The fourth-order valence-corrected chi connectivity index (χ4v) is 0.363. The summed E-state index contributed by atoms with van der Waals surface area (Å²) < 4.78 is 0. The smallest absolute Gasteiger partial charge is 0.144 e. The molecule has 0 spiro atoms. The third-order valence-corrected chi connectivity index (χ3v) is 0.665. The van der Waals surface area contributed by atoms with E-state index in [1.807, 2.05) is 0 Å². The van der Waals surface area contributed by atoms with Gasteiger partial charge in [0.15, 0.2) is 0 Å². The Kier molecular flexibility index (Phi) is 0.941. The van der Waals surface area contributed by atoms with Gasteiger partial charge in [0.05, 0.1) is 0 Å². The van der Waals surface area contributed by atoms with E-state index in [0.29, 0.717) is 5.82 Å². The van der Waals surface area contributed by atoms with Crippen molar-refractivity contribution in [2.45, 2.75) is 0 Å². The minimum Gasteiger partial charge on any atom is -0.283 e. The Morgan fingerprint density at radius 3 is 2.57 bits per heavy atom. The Labute approximate surface area is 42.0 Å². The zero-order valence-corrected chi connectivity index (χ0v) is 3.76. The van der Waals surface area contributed by atoms with Gasteiger partial charge in [0.25, 0.3) is 0 Å². The van der Waals surface area contributed by atoms with Gasteiger partial charge in [0, 0.05) is 6.20 Å². The van der Waals surface area contributed by atoms with E-state index in [4.69, 9.17) is 5.73 Å². The lowest BCUT2D eigenvalue weighted by molar-refractivity contribution is 1.25. The minimum absolute atomic E-state index is 0.322. The van der Waals surface area contributed by atoms with Gasteiger partial charge in [-0.05, 0) is 12.1 Å². The summed E-state index contributed by atoms with van der Waals surface area (Å²) in [6.07, 6.45) is 1.60. The first-order chi connectivity index (χ1) is 3.39. The van der Waals surface area contributed by atoms with Crippen LogP contribution in [0.15, 0.2) is 24.4 Å². The zero-order chi connectivity index (χ0) is 5.11. The van der Waals surface area contributed by atoms with Crippen LogP contribution >= 0.6 is 0 Å². The normalized spacial score (nSPS) is 8.57. The second-order valence-corrected chi connectivity index (χ2v) is 1.21. The third-order valence-electron chi connectivity index (χ3n) is 0.665. The summed E-state index contributed by atoms with van der Waals surface area (Å²) in [6, 6.07) is 5.22. The standard InChI is InChI=1S/C5H5N2/c6-5-3-1-2-4-7-5/h1-4,6H. The van der Waals surface area contributed by atoms with Crippen LogP contribution in [-0.2, 0) is 0 Å². The number of rotatable bonds is 0. The second kappa shape index (κ2) is 1.60. The molecule has 7 heavy (non-hydrogen) atoms. The van der Waals surface area contributed by atoms with E-state index in [0.717, 1.165) is 0 Å². The maximum absolute atomic E-state index is 6.88. The van der Waals surface area contributed by atoms with E-state index in [1.165, 1.54) is 0 Å². The van der Waals surface area contributed by atoms with Crippen molar-refractivity contribution in [1.82, 2.24) is 10.7 Å². The second-order valence-electron chi connectivity index (χ2n) is 1.21. The van der Waals surface area contributed by atoms with E-state index < -0.39 is 0 Å². The van der Waals surface area contributed by atoms with Crippen molar-refractivity contribution in [3.8, 4) is 0 Å². The van der Waals surface area contributed by atoms with E-state index in [2.05, 4.69) is 4.98 Å². The fourth-order valence-electron chi connectivity index (χ4n) is 0.363. The van der Waals surface area contributed by atoms with Crippen molar-refractivity contribution in [2.75, 3.05) is 0 Å². The van der Waals surface area contributed by atoms with Crippen LogP contribution in [0.4, 0.5) is 5.82 Å². The van der Waals surface area contributed by atoms with Crippen molar-refractivity contribution in [3.05, 3.63) is 24.4 Å². The molecule has 1 aromatic heterocycles. The maximum atomic E-state index is 6.88. The van der Waals surface area contributed by atoms with Crippen molar-refractivity contribution < 1.29 is 0 Å². The molecule has 0 saturated carbocycles. The highest BCUT2D eigenvalue weighted by Crippen LogP contribution is 1.92. The molecule has 1 radical (unpaired) electrons. The van der Waals surface area contributed by atoms with Gasteiger partial charge >= 0.3 is 0 Å². The number of hydrogen-bond acceptors (Lipinski definition) is 1. The molecule has 0 amide bonds. The summed E-state index contributed by atoms with van der Waals surface area (Å²) in [6.45, 7) is 0. The molecule has 0 aliphatic heterocycles. The molecule has 0 fully saturated rings. The van der Waals surface area contributed by atoms with Gasteiger partial charge < -0.3 is 0 Å². The Morgan fingerprint density at radius 1 is 1.43 bits per heavy atom. The molecule has 0 aliphatic rings. The Morgan fingerprint density at radius 2 is 2.29 bits per heavy atom. The van der Waals surface area contributed by atoms with E-state index >= 15 is 0 Å². The molecule has 35 valence electrons. The van der Waals surface area contributed by atoms with Gasteiger partial charge in [-0.3, -0.25) is 5.73 Å². The number of aromatic nitrogens is 1. The van der Waals surface area contributed by atoms with Crippen molar-refractivity contribution in [3.63, 3.8) is 0 Å². The predicted octanol–water partition coefficient (Wildman–Crippen LogP) is 0.996. The highest BCUT2D eigenvalue weighted by molar-refractivity contribution is 5.20. The van der Waals surface area contributed by atoms with Crippen LogP contribution < -0.4 is 5.73 Å². The zero-order valence-electron chi connectivity index (χ0n) is 3.76. The van der Waals surface area contributed by atoms with Crippen LogP contribution in [0.2, 0.25) is 0 Å². The molecule has 0 aliphatic carbocycles. The Hall–Kier alpha value is -1.05. The van der Waals surface area contributed by atoms with Crippen LogP contribution in [0.5, 0.6) is 0 Å². The summed E-state index contributed by atoms with van der Waals surface area (Å²) in [5.41, 5.74) is 6.88. The quantitative estimate of drug-likeness (QED) is 0.471. The van der Waals surface area contributed by atoms with Crippen LogP contribution in [-0.4, -0.2) is 4.98 Å². The molecule has 1 rings (SSSR count). The van der Waals surface area contributed by atoms with Gasteiger partial charge in [0.1, 0.15) is 5.82 Å². The summed E-state index contributed by atoms with van der Waals surface area (Å²) in [5, 5.41) is 0. The third kappa shape index (κ3) is 0.892. The molecular formula is C5H5N2. The van der Waals surface area contributed by atoms with Crippen molar-refractivity contribution in [1.29, 1.82) is 0 Å². The molecule has 2 nitrogen and oxygen atoms in total. The molecule has 0 unspecified atom stereocenters. The van der Waals surface area contributed by atoms with E-state index in [-0.39, 0.29) is 0 Å². The molecule has 0 saturated heterocycles. The average molecular weight is 93.1 g/mol. The molecule has 0 bridgehead atoms. The lowest BCUT2D eigenvalue weighted by Crippen LogP contribution is -1.70. The minimum atomic E-state index is 0.322. The number of nitrogens with one attached hydrogen (secondary N) is 1. The topological polar surface area (TPSA) is 36.7 Å². The number of hydrogen-bond donors (Lipinski definition) is 0. The fraction of sp³-hybridized carbons (Fsp3) is 0. The summed E-state index contributed by atoms with van der Waals surface area (Å²) >= 11 is 0. The molecule has 0 atom stereocenters. The lowest BCUT2D eigenvalue weighted by atomic mass is 10.5. The SMILES string of the molecule is [NH]c1ccccn1. The van der Waals surface area contributed by atoms with Crippen molar-refractivity contribution >= 4 is 5.82 Å². The number of pyridine rings is 1. The lowest BCUT2D eigenvalue weighted by Gasteiger charge is -1.81. The van der Waals surface area contributed by atoms with Gasteiger partial charge in [-0.1, -0.05) is 6.07 Å². The molecule has 1 aromatic rings.